The van der Waals surface area contributed by atoms with E-state index in [2.05, 4.69) is 16.0 Å². The molecular weight excluding hydrogens is 562 g/mol. The van der Waals surface area contributed by atoms with Crippen molar-refractivity contribution in [1.29, 1.82) is 0 Å². The summed E-state index contributed by atoms with van der Waals surface area (Å²) in [5.41, 5.74) is 1.48. The van der Waals surface area contributed by atoms with Gasteiger partial charge in [-0.1, -0.05) is 42.8 Å². The smallest absolute Gasteiger partial charge is 0.272 e. The predicted octanol–water partition coefficient (Wildman–Crippen LogP) is 6.86. The standard InChI is InChI=1S/C31H28ClN3O5S/c1-3-28(31(38)34-22-14-15-27(39-2)25(32)18-22)41-24-13-7-11-21(17-24)33-30(37)26(19-23-12-8-16-40-23)35-29(36)20-9-5-4-6-10-20/h4-19,28H,3H2,1-2H3,(H,33,37)(H,34,38)(H,35,36)/b26-19-. The summed E-state index contributed by atoms with van der Waals surface area (Å²) in [5.74, 6) is -0.221. The van der Waals surface area contributed by atoms with Crippen LogP contribution in [0.25, 0.3) is 6.08 Å². The Morgan fingerprint density at radius 3 is 2.41 bits per heavy atom. The molecule has 1 heterocycles. The zero-order valence-corrected chi connectivity index (χ0v) is 23.9. The van der Waals surface area contributed by atoms with Gasteiger partial charge in [0.25, 0.3) is 11.8 Å². The molecule has 0 aliphatic carbocycles. The largest absolute Gasteiger partial charge is 0.495 e. The van der Waals surface area contributed by atoms with Gasteiger partial charge in [-0.3, -0.25) is 14.4 Å². The van der Waals surface area contributed by atoms with Gasteiger partial charge in [-0.2, -0.15) is 0 Å². The Bertz CT molecular complexity index is 1540. The minimum atomic E-state index is -0.533. The van der Waals surface area contributed by atoms with E-state index < -0.39 is 17.1 Å². The first kappa shape index (κ1) is 29.5. The number of hydrogen-bond acceptors (Lipinski definition) is 6. The summed E-state index contributed by atoms with van der Waals surface area (Å²) >= 11 is 7.56. The summed E-state index contributed by atoms with van der Waals surface area (Å²) in [6.07, 6.45) is 3.50. The number of anilines is 2. The molecule has 3 amide bonds. The van der Waals surface area contributed by atoms with Crippen LogP contribution in [0.1, 0.15) is 29.5 Å². The maximum atomic E-state index is 13.3. The van der Waals surface area contributed by atoms with Gasteiger partial charge in [-0.25, -0.2) is 0 Å². The molecule has 3 N–H and O–H groups in total. The zero-order chi connectivity index (χ0) is 29.2. The highest BCUT2D eigenvalue weighted by atomic mass is 35.5. The monoisotopic (exact) mass is 589 g/mol. The molecule has 4 rings (SSSR count). The summed E-state index contributed by atoms with van der Waals surface area (Å²) < 4.78 is 10.5. The summed E-state index contributed by atoms with van der Waals surface area (Å²) in [6.45, 7) is 1.92. The van der Waals surface area contributed by atoms with Crippen LogP contribution in [0, 0.1) is 0 Å². The van der Waals surface area contributed by atoms with Crippen LogP contribution in [-0.4, -0.2) is 30.1 Å². The lowest BCUT2D eigenvalue weighted by Crippen LogP contribution is -2.30. The molecule has 41 heavy (non-hydrogen) atoms. The van der Waals surface area contributed by atoms with Crippen molar-refractivity contribution in [3.05, 3.63) is 113 Å². The van der Waals surface area contributed by atoms with Gasteiger partial charge in [0.05, 0.1) is 23.6 Å². The quantitative estimate of drug-likeness (QED) is 0.130. The lowest BCUT2D eigenvalue weighted by atomic mass is 10.2. The van der Waals surface area contributed by atoms with E-state index in [1.165, 1.54) is 31.2 Å². The van der Waals surface area contributed by atoms with Gasteiger partial charge in [0.2, 0.25) is 5.91 Å². The Balaban J connectivity index is 1.45. The first-order chi connectivity index (χ1) is 19.9. The van der Waals surface area contributed by atoms with Gasteiger partial charge in [0.15, 0.2) is 0 Å². The molecule has 0 fully saturated rings. The minimum absolute atomic E-state index is 0.0100. The van der Waals surface area contributed by atoms with E-state index in [9.17, 15) is 14.4 Å². The number of benzene rings is 3. The Morgan fingerprint density at radius 1 is 0.951 bits per heavy atom. The van der Waals surface area contributed by atoms with Crippen molar-refractivity contribution >= 4 is 58.5 Å². The van der Waals surface area contributed by atoms with Crippen molar-refractivity contribution in [1.82, 2.24) is 5.32 Å². The topological polar surface area (TPSA) is 110 Å². The predicted molar refractivity (Wildman–Crippen MR) is 162 cm³/mol. The number of carbonyl (C=O) groups excluding carboxylic acids is 3. The molecule has 1 aromatic heterocycles. The van der Waals surface area contributed by atoms with E-state index in [1.54, 1.807) is 78.9 Å². The normalized spacial score (nSPS) is 11.8. The van der Waals surface area contributed by atoms with Gasteiger partial charge in [0, 0.05) is 27.9 Å². The maximum absolute atomic E-state index is 13.3. The van der Waals surface area contributed by atoms with Crippen LogP contribution >= 0.6 is 23.4 Å². The fourth-order valence-electron chi connectivity index (χ4n) is 3.76. The molecule has 0 radical (unpaired) electrons. The Hall–Kier alpha value is -4.47. The van der Waals surface area contributed by atoms with Crippen LogP contribution in [0.3, 0.4) is 0 Å². The highest BCUT2D eigenvalue weighted by Gasteiger charge is 2.20. The van der Waals surface area contributed by atoms with Crippen molar-refractivity contribution in [3.8, 4) is 5.75 Å². The van der Waals surface area contributed by atoms with Gasteiger partial charge < -0.3 is 25.1 Å². The fraction of sp³-hybridized carbons (Fsp3) is 0.129. The minimum Gasteiger partial charge on any atom is -0.495 e. The lowest BCUT2D eigenvalue weighted by molar-refractivity contribution is -0.116. The van der Waals surface area contributed by atoms with Crippen molar-refractivity contribution < 1.29 is 23.5 Å². The third-order valence-corrected chi connectivity index (χ3v) is 7.46. The second-order valence-electron chi connectivity index (χ2n) is 8.73. The number of rotatable bonds is 11. The summed E-state index contributed by atoms with van der Waals surface area (Å²) in [5, 5.41) is 8.39. The first-order valence-electron chi connectivity index (χ1n) is 12.7. The van der Waals surface area contributed by atoms with E-state index >= 15 is 0 Å². The second-order valence-corrected chi connectivity index (χ2v) is 10.4. The molecule has 1 unspecified atom stereocenters. The molecule has 4 aromatic rings. The third-order valence-electron chi connectivity index (χ3n) is 5.81. The van der Waals surface area contributed by atoms with Crippen LogP contribution in [0.2, 0.25) is 5.02 Å². The summed E-state index contributed by atoms with van der Waals surface area (Å²) in [6, 6.07) is 24.1. The SMILES string of the molecule is CCC(Sc1cccc(NC(=O)/C(=C/c2ccco2)NC(=O)c2ccccc2)c1)C(=O)Nc1ccc(OC)c(Cl)c1. The number of carbonyl (C=O) groups is 3. The Labute approximate surface area is 247 Å². The second kappa shape index (κ2) is 14.2. The Morgan fingerprint density at radius 2 is 1.73 bits per heavy atom. The summed E-state index contributed by atoms with van der Waals surface area (Å²) in [7, 11) is 1.52. The molecule has 10 heteroatoms. The number of nitrogens with one attached hydrogen (secondary N) is 3. The highest BCUT2D eigenvalue weighted by Crippen LogP contribution is 2.31. The number of methoxy groups -OCH3 is 1. The number of hydrogen-bond donors (Lipinski definition) is 3. The van der Waals surface area contributed by atoms with E-state index in [4.69, 9.17) is 20.8 Å². The maximum Gasteiger partial charge on any atom is 0.272 e. The molecule has 0 aliphatic heterocycles. The van der Waals surface area contributed by atoms with Crippen molar-refractivity contribution in [2.45, 2.75) is 23.5 Å². The van der Waals surface area contributed by atoms with Crippen molar-refractivity contribution in [2.24, 2.45) is 0 Å². The van der Waals surface area contributed by atoms with Gasteiger partial charge in [0.1, 0.15) is 17.2 Å². The Kier molecular flexibility index (Phi) is 10.3. The lowest BCUT2D eigenvalue weighted by Gasteiger charge is -2.16. The molecule has 210 valence electrons. The van der Waals surface area contributed by atoms with E-state index in [-0.39, 0.29) is 11.6 Å². The number of halogens is 1. The highest BCUT2D eigenvalue weighted by molar-refractivity contribution is 8.00. The number of furan rings is 1. The van der Waals surface area contributed by atoms with Gasteiger partial charge in [-0.15, -0.1) is 11.8 Å². The molecular formula is C31H28ClN3O5S. The molecule has 0 spiro atoms. The van der Waals surface area contributed by atoms with E-state index in [0.717, 1.165) is 4.90 Å². The summed E-state index contributed by atoms with van der Waals surface area (Å²) in [4.78, 5) is 39.8. The average molecular weight is 590 g/mol. The van der Waals surface area contributed by atoms with Crippen LogP contribution < -0.4 is 20.7 Å². The van der Waals surface area contributed by atoms with E-state index in [1.807, 2.05) is 13.0 Å². The third kappa shape index (κ3) is 8.26. The van der Waals surface area contributed by atoms with E-state index in [0.29, 0.717) is 39.9 Å². The average Bonchev–Trinajstić information content (AvgIpc) is 3.49. The molecule has 0 aliphatic rings. The zero-order valence-electron chi connectivity index (χ0n) is 22.3. The first-order valence-corrected chi connectivity index (χ1v) is 14.0. The number of amides is 3. The van der Waals surface area contributed by atoms with Crippen molar-refractivity contribution in [2.75, 3.05) is 17.7 Å². The van der Waals surface area contributed by atoms with Crippen LogP contribution in [0.4, 0.5) is 11.4 Å². The van der Waals surface area contributed by atoms with Crippen LogP contribution in [0.5, 0.6) is 5.75 Å². The van der Waals surface area contributed by atoms with Crippen LogP contribution in [0.15, 0.2) is 106 Å². The van der Waals surface area contributed by atoms with Crippen LogP contribution in [-0.2, 0) is 9.59 Å². The molecule has 0 saturated carbocycles. The fourth-order valence-corrected chi connectivity index (χ4v) is 5.03. The molecule has 3 aromatic carbocycles. The molecule has 0 bridgehead atoms. The van der Waals surface area contributed by atoms with Gasteiger partial charge >= 0.3 is 0 Å². The number of ether oxygens (including phenoxy) is 1. The van der Waals surface area contributed by atoms with Crippen molar-refractivity contribution in [3.63, 3.8) is 0 Å². The molecule has 1 atom stereocenters. The van der Waals surface area contributed by atoms with Gasteiger partial charge in [-0.05, 0) is 67.1 Å². The number of thioether (sulfide) groups is 1. The molecule has 8 nitrogen and oxygen atoms in total. The molecule has 0 saturated heterocycles.